The summed E-state index contributed by atoms with van der Waals surface area (Å²) >= 11 is 1.42. The molecule has 2 amide bonds. The van der Waals surface area contributed by atoms with Gasteiger partial charge in [0.25, 0.3) is 0 Å². The van der Waals surface area contributed by atoms with E-state index in [0.29, 0.717) is 12.3 Å². The zero-order chi connectivity index (χ0) is 16.9. The number of nitrogens with one attached hydrogen (secondary N) is 1. The average molecular weight is 344 g/mol. The standard InChI is InChI=1S/C15H15F3N2O2S/c1-22-7-6-20(13-5-8-23-10-13)14(21)19-12-4-2-3-11(9-12)15(16,17)18/h2-5,8-10H,6-7H2,1H3,(H,19,21). The highest BCUT2D eigenvalue weighted by atomic mass is 32.1. The molecule has 0 aliphatic heterocycles. The summed E-state index contributed by atoms with van der Waals surface area (Å²) < 4.78 is 43.1. The number of carbonyl (C=O) groups is 1. The highest BCUT2D eigenvalue weighted by Gasteiger charge is 2.30. The number of halogens is 3. The Morgan fingerprint density at radius 1 is 1.35 bits per heavy atom. The highest BCUT2D eigenvalue weighted by molar-refractivity contribution is 7.08. The molecular weight excluding hydrogens is 329 g/mol. The van der Waals surface area contributed by atoms with Gasteiger partial charge in [-0.1, -0.05) is 6.07 Å². The van der Waals surface area contributed by atoms with Crippen LogP contribution in [-0.4, -0.2) is 26.3 Å². The molecular formula is C15H15F3N2O2S. The van der Waals surface area contributed by atoms with Crippen molar-refractivity contribution in [1.29, 1.82) is 0 Å². The lowest BCUT2D eigenvalue weighted by Gasteiger charge is -2.22. The molecule has 0 radical (unpaired) electrons. The SMILES string of the molecule is COCCN(C(=O)Nc1cccc(C(F)(F)F)c1)c1ccsc1. The van der Waals surface area contributed by atoms with E-state index in [1.165, 1.54) is 35.5 Å². The molecule has 0 saturated heterocycles. The lowest BCUT2D eigenvalue weighted by atomic mass is 10.2. The molecule has 0 aliphatic rings. The molecule has 0 aliphatic carbocycles. The van der Waals surface area contributed by atoms with Gasteiger partial charge in [0.15, 0.2) is 0 Å². The summed E-state index contributed by atoms with van der Waals surface area (Å²) in [6.07, 6.45) is -4.45. The van der Waals surface area contributed by atoms with E-state index in [1.54, 1.807) is 11.4 Å². The number of alkyl halides is 3. The molecule has 4 nitrogen and oxygen atoms in total. The maximum atomic E-state index is 12.7. The molecule has 0 fully saturated rings. The first-order chi connectivity index (χ1) is 10.9. The van der Waals surface area contributed by atoms with Crippen molar-refractivity contribution in [2.45, 2.75) is 6.18 Å². The first-order valence-corrected chi connectivity index (χ1v) is 7.63. The minimum atomic E-state index is -4.45. The van der Waals surface area contributed by atoms with Crippen LogP contribution in [0.15, 0.2) is 41.1 Å². The van der Waals surface area contributed by atoms with Crippen LogP contribution in [-0.2, 0) is 10.9 Å². The third-order valence-corrected chi connectivity index (χ3v) is 3.69. The number of methoxy groups -OCH3 is 1. The Morgan fingerprint density at radius 3 is 2.74 bits per heavy atom. The summed E-state index contributed by atoms with van der Waals surface area (Å²) in [4.78, 5) is 13.8. The molecule has 0 spiro atoms. The quantitative estimate of drug-likeness (QED) is 0.870. The van der Waals surface area contributed by atoms with E-state index in [1.807, 2.05) is 5.38 Å². The number of anilines is 2. The Morgan fingerprint density at radius 2 is 2.13 bits per heavy atom. The summed E-state index contributed by atoms with van der Waals surface area (Å²) in [7, 11) is 1.51. The molecule has 124 valence electrons. The second-order valence-electron chi connectivity index (χ2n) is 4.63. The van der Waals surface area contributed by atoms with Gasteiger partial charge in [0.05, 0.1) is 24.4 Å². The number of amides is 2. The van der Waals surface area contributed by atoms with Crippen molar-refractivity contribution >= 4 is 28.7 Å². The van der Waals surface area contributed by atoms with Crippen LogP contribution in [0.5, 0.6) is 0 Å². The fraction of sp³-hybridized carbons (Fsp3) is 0.267. The molecule has 0 saturated carbocycles. The molecule has 1 aromatic heterocycles. The maximum absolute atomic E-state index is 12.7. The van der Waals surface area contributed by atoms with Gasteiger partial charge in [-0.3, -0.25) is 4.90 Å². The predicted octanol–water partition coefficient (Wildman–Crippen LogP) is 4.45. The number of ether oxygens (including phenoxy) is 1. The van der Waals surface area contributed by atoms with E-state index >= 15 is 0 Å². The van der Waals surface area contributed by atoms with E-state index < -0.39 is 17.8 Å². The minimum Gasteiger partial charge on any atom is -0.383 e. The molecule has 2 rings (SSSR count). The van der Waals surface area contributed by atoms with Crippen LogP contribution in [0.2, 0.25) is 0 Å². The summed E-state index contributed by atoms with van der Waals surface area (Å²) in [5, 5.41) is 6.08. The lowest BCUT2D eigenvalue weighted by Crippen LogP contribution is -2.37. The molecule has 0 atom stereocenters. The number of hydrogen-bond donors (Lipinski definition) is 1. The number of benzene rings is 1. The van der Waals surface area contributed by atoms with Crippen molar-refractivity contribution in [3.63, 3.8) is 0 Å². The van der Waals surface area contributed by atoms with Crippen LogP contribution in [0, 0.1) is 0 Å². The van der Waals surface area contributed by atoms with E-state index in [-0.39, 0.29) is 12.2 Å². The zero-order valence-corrected chi connectivity index (χ0v) is 13.1. The number of urea groups is 1. The van der Waals surface area contributed by atoms with Gasteiger partial charge in [0, 0.05) is 18.2 Å². The largest absolute Gasteiger partial charge is 0.416 e. The first-order valence-electron chi connectivity index (χ1n) is 6.68. The Labute approximate surface area is 135 Å². The van der Waals surface area contributed by atoms with Crippen molar-refractivity contribution in [3.8, 4) is 0 Å². The number of hydrogen-bond acceptors (Lipinski definition) is 3. The van der Waals surface area contributed by atoms with Crippen molar-refractivity contribution < 1.29 is 22.7 Å². The molecule has 0 bridgehead atoms. The van der Waals surface area contributed by atoms with Gasteiger partial charge in [-0.2, -0.15) is 24.5 Å². The van der Waals surface area contributed by atoms with Gasteiger partial charge < -0.3 is 10.1 Å². The summed E-state index contributed by atoms with van der Waals surface area (Å²) in [6, 6.07) is 5.76. The number of nitrogens with zero attached hydrogens (tertiary/aromatic N) is 1. The second-order valence-corrected chi connectivity index (χ2v) is 5.41. The Hall–Kier alpha value is -2.06. The second kappa shape index (κ2) is 7.47. The smallest absolute Gasteiger partial charge is 0.383 e. The normalized spacial score (nSPS) is 11.3. The average Bonchev–Trinajstić information content (AvgIpc) is 3.01. The van der Waals surface area contributed by atoms with Crippen LogP contribution in [0.25, 0.3) is 0 Å². The fourth-order valence-electron chi connectivity index (χ4n) is 1.91. The number of rotatable bonds is 5. The lowest BCUT2D eigenvalue weighted by molar-refractivity contribution is -0.137. The minimum absolute atomic E-state index is 0.0856. The Balaban J connectivity index is 2.15. The predicted molar refractivity (Wildman–Crippen MR) is 84.0 cm³/mol. The third kappa shape index (κ3) is 4.70. The number of thiophene rings is 1. The van der Waals surface area contributed by atoms with Gasteiger partial charge in [0.1, 0.15) is 0 Å². The molecule has 0 unspecified atom stereocenters. The molecule has 2 aromatic rings. The molecule has 1 N–H and O–H groups in total. The van der Waals surface area contributed by atoms with Gasteiger partial charge in [0.2, 0.25) is 0 Å². The van der Waals surface area contributed by atoms with Crippen molar-refractivity contribution in [1.82, 2.24) is 0 Å². The van der Waals surface area contributed by atoms with Gasteiger partial charge in [-0.05, 0) is 29.6 Å². The van der Waals surface area contributed by atoms with Crippen LogP contribution in [0.3, 0.4) is 0 Å². The van der Waals surface area contributed by atoms with E-state index in [0.717, 1.165) is 12.1 Å². The van der Waals surface area contributed by atoms with Crippen molar-refractivity contribution in [2.24, 2.45) is 0 Å². The van der Waals surface area contributed by atoms with Crippen molar-refractivity contribution in [2.75, 3.05) is 30.5 Å². The van der Waals surface area contributed by atoms with E-state index in [9.17, 15) is 18.0 Å². The third-order valence-electron chi connectivity index (χ3n) is 3.02. The fourth-order valence-corrected chi connectivity index (χ4v) is 2.55. The van der Waals surface area contributed by atoms with E-state index in [4.69, 9.17) is 4.74 Å². The highest BCUT2D eigenvalue weighted by Crippen LogP contribution is 2.30. The first kappa shape index (κ1) is 17.3. The van der Waals surface area contributed by atoms with Gasteiger partial charge >= 0.3 is 12.2 Å². The van der Waals surface area contributed by atoms with Crippen LogP contribution >= 0.6 is 11.3 Å². The van der Waals surface area contributed by atoms with E-state index in [2.05, 4.69) is 5.32 Å². The van der Waals surface area contributed by atoms with Crippen LogP contribution in [0.4, 0.5) is 29.3 Å². The van der Waals surface area contributed by atoms with Crippen LogP contribution in [0.1, 0.15) is 5.56 Å². The topological polar surface area (TPSA) is 41.6 Å². The maximum Gasteiger partial charge on any atom is 0.416 e. The molecule has 23 heavy (non-hydrogen) atoms. The summed E-state index contributed by atoms with van der Waals surface area (Å²) in [5.74, 6) is 0. The van der Waals surface area contributed by atoms with Gasteiger partial charge in [-0.25, -0.2) is 4.79 Å². The zero-order valence-electron chi connectivity index (χ0n) is 12.3. The molecule has 8 heteroatoms. The summed E-state index contributed by atoms with van der Waals surface area (Å²) in [6.45, 7) is 0.601. The van der Waals surface area contributed by atoms with Crippen molar-refractivity contribution in [3.05, 3.63) is 46.7 Å². The van der Waals surface area contributed by atoms with Gasteiger partial charge in [-0.15, -0.1) is 0 Å². The number of carbonyl (C=O) groups excluding carboxylic acids is 1. The van der Waals surface area contributed by atoms with Crippen LogP contribution < -0.4 is 10.2 Å². The molecule has 1 heterocycles. The summed E-state index contributed by atoms with van der Waals surface area (Å²) in [5.41, 5.74) is -0.0618. The Kier molecular flexibility index (Phi) is 5.62. The molecule has 1 aromatic carbocycles. The monoisotopic (exact) mass is 344 g/mol. The Bertz CT molecular complexity index is 644.